The fraction of sp³-hybridized carbons (Fsp3) is 0.594. The first-order valence-corrected chi connectivity index (χ1v) is 45.2. The van der Waals surface area contributed by atoms with Crippen molar-refractivity contribution in [1.82, 2.24) is 39.4 Å². The summed E-state index contributed by atoms with van der Waals surface area (Å²) >= 11 is 11.1. The van der Waals surface area contributed by atoms with Crippen molar-refractivity contribution >= 4 is 112 Å². The van der Waals surface area contributed by atoms with Crippen LogP contribution < -0.4 is 35.5 Å². The highest BCUT2D eigenvalue weighted by atomic mass is 32.7. The zero-order valence-corrected chi connectivity index (χ0v) is 63.6. The summed E-state index contributed by atoms with van der Waals surface area (Å²) in [6.07, 6.45) is -7.05. The number of alkyl halides is 1. The molecule has 5 N–H and O–H groups in total. The maximum Gasteiger partial charge on any atom is 0.407 e. The van der Waals surface area contributed by atoms with Gasteiger partial charge in [0.15, 0.2) is 43.9 Å². The van der Waals surface area contributed by atoms with Crippen molar-refractivity contribution in [3.8, 4) is 0 Å². The number of hydrogen-bond acceptors (Lipinski definition) is 21. The number of rotatable bonds is 20. The molecule has 0 saturated carbocycles. The number of ether oxygens (including phenoxy) is 3. The van der Waals surface area contributed by atoms with Gasteiger partial charge in [-0.3, -0.25) is 23.6 Å². The molecule has 4 aliphatic rings. The third-order valence-corrected chi connectivity index (χ3v) is 27.4. The summed E-state index contributed by atoms with van der Waals surface area (Å²) in [7, 11) is -4.28. The summed E-state index contributed by atoms with van der Waals surface area (Å²) in [6.45, 7) is 27.7. The maximum absolute atomic E-state index is 17.1. The van der Waals surface area contributed by atoms with Crippen LogP contribution in [0.15, 0.2) is 79.5 Å². The molecule has 4 aliphatic heterocycles. The summed E-state index contributed by atoms with van der Waals surface area (Å²) in [5, 5.41) is 8.71. The number of aryl methyl sites for hydroxylation is 1. The molecule has 4 aromatic heterocycles. The van der Waals surface area contributed by atoms with Crippen molar-refractivity contribution in [3.63, 3.8) is 0 Å². The zero-order valence-electron chi connectivity index (χ0n) is 58.2. The van der Waals surface area contributed by atoms with E-state index in [4.69, 9.17) is 65.8 Å². The van der Waals surface area contributed by atoms with Gasteiger partial charge in [0.25, 0.3) is 11.8 Å². The smallest absolute Gasteiger partial charge is 0.407 e. The van der Waals surface area contributed by atoms with Gasteiger partial charge in [0, 0.05) is 45.0 Å². The van der Waals surface area contributed by atoms with Gasteiger partial charge < -0.3 is 84.2 Å². The number of quaternary nitrogens is 2. The maximum atomic E-state index is 17.1. The highest BCUT2D eigenvalue weighted by Crippen LogP contribution is 2.55. The molecule has 0 radical (unpaired) electrons. The fourth-order valence-electron chi connectivity index (χ4n) is 11.3. The van der Waals surface area contributed by atoms with Crippen LogP contribution in [0.4, 0.5) is 26.8 Å². The lowest BCUT2D eigenvalue weighted by atomic mass is 10.1. The van der Waals surface area contributed by atoms with Gasteiger partial charge in [0.05, 0.1) is 70.8 Å². The fourth-order valence-corrected chi connectivity index (χ4v) is 16.1. The van der Waals surface area contributed by atoms with E-state index < -0.39 is 104 Å². The van der Waals surface area contributed by atoms with Crippen molar-refractivity contribution in [1.29, 1.82) is 0 Å². The number of amides is 3. The highest BCUT2D eigenvalue weighted by molar-refractivity contribution is 8.32. The number of carbonyl (C=O) groups is 3. The predicted molar refractivity (Wildman–Crippen MR) is 381 cm³/mol. The van der Waals surface area contributed by atoms with Gasteiger partial charge in [-0.25, -0.2) is 24.1 Å². The SMILES string of the molecule is CC(C)(C)[Si](C)(C)O[C@@H]1[C@@H]2OP([O-])(=S)OC[C@H]3O[C@@H](n4cnc5c(NC(=O)c6ccccc6)nc(NCCNC(=O)OCC[Si](C)(C)C)nc54)[C@H](OP(=O)([S-])OC[C@H]2O[C@H]1n1cc2c4c(ncnc41)N(C(=O)c1ccccc1)CCC2)[C@@H]3F.CC[NH+](CC)CC.CC[NH+](CC)CC. The Morgan fingerprint density at radius 2 is 1.41 bits per heavy atom. The Balaban J connectivity index is 0.000000775. The first-order valence-electron chi connectivity index (χ1n) is 33.5. The number of nitrogens with zero attached hydrogens (tertiary/aromatic N) is 8. The Labute approximate surface area is 581 Å². The van der Waals surface area contributed by atoms with Gasteiger partial charge in [0.2, 0.25) is 12.7 Å². The van der Waals surface area contributed by atoms with E-state index in [9.17, 15) is 23.8 Å². The van der Waals surface area contributed by atoms with Gasteiger partial charge in [0.1, 0.15) is 55.0 Å². The van der Waals surface area contributed by atoms with Gasteiger partial charge in [-0.1, -0.05) is 88.6 Å². The van der Waals surface area contributed by atoms with Crippen LogP contribution in [0.1, 0.15) is 107 Å². The second kappa shape index (κ2) is 34.0. The second-order valence-corrected chi connectivity index (χ2v) is 42.7. The lowest BCUT2D eigenvalue weighted by Gasteiger charge is -2.42. The van der Waals surface area contributed by atoms with E-state index >= 15 is 4.39 Å². The van der Waals surface area contributed by atoms with Crippen LogP contribution in [0.3, 0.4) is 0 Å². The van der Waals surface area contributed by atoms with E-state index in [1.165, 1.54) is 56.5 Å². The minimum Gasteiger partial charge on any atom is -0.780 e. The number of benzene rings is 2. The molecule has 2 bridgehead atoms. The third kappa shape index (κ3) is 19.9. The lowest BCUT2D eigenvalue weighted by Crippen LogP contribution is -3.11. The minimum absolute atomic E-state index is 0.0176. The number of carbonyl (C=O) groups excluding carboxylic acids is 3. The molecular formula is C64H98FN13O13P2S2Si2. The van der Waals surface area contributed by atoms with Crippen LogP contribution in [0.25, 0.3) is 22.2 Å². The molecule has 8 heterocycles. The number of fused-ring (bicyclic) bond motifs is 4. The summed E-state index contributed by atoms with van der Waals surface area (Å²) in [5.41, 5.74) is 2.04. The largest absolute Gasteiger partial charge is 0.780 e. The Hall–Kier alpha value is -5.19. The van der Waals surface area contributed by atoms with E-state index in [1.807, 2.05) is 46.1 Å². The highest BCUT2D eigenvalue weighted by Gasteiger charge is 2.55. The molecule has 3 saturated heterocycles. The Kier molecular flexibility index (Phi) is 27.2. The topological polar surface area (TPSA) is 288 Å². The van der Waals surface area contributed by atoms with Crippen LogP contribution in [-0.2, 0) is 71.8 Å². The van der Waals surface area contributed by atoms with E-state index in [0.29, 0.717) is 47.4 Å². The number of anilines is 3. The molecule has 97 heavy (non-hydrogen) atoms. The monoisotopic (exact) mass is 1460 g/mol. The standard InChI is InChI=1S/C52H68FN11O13P2S2Si2.2C6H15N/c1-52(2,3)83(7,8)77-41-39-35(74-49(41)63-26-33-20-15-23-62(43-36(33)44(63)57-29-56-43)47(66)32-18-13-10-14-19-32)28-72-79(69,81)76-40-37(53)34(27-71-78(68,80)75-39)73-48(40)64-30-58-38-42(59-46(65)31-16-11-9-12-17-31)60-50(61-45(38)64)54-21-22-55-51(67)70-24-25-82(4,5)6;2*1-4-7(5-2)6-3/h9-14,16-19,26,29-30,34-35,37,39-41,48-49H,15,20-25,27-28H2,1-8H3,(H,55,67)(H,68,80)(H,69,81)(H2,54,59,60,61,65);2*4-6H2,1-3H3/t34-,35-,37-,39-,40-,41-,48-,49-,78?,79?;;/m1../s1. The zero-order chi connectivity index (χ0) is 70.6. The Bertz CT molecular complexity index is 3680. The summed E-state index contributed by atoms with van der Waals surface area (Å²) in [6, 6.07) is 18.1. The van der Waals surface area contributed by atoms with Crippen LogP contribution >= 0.6 is 13.5 Å². The number of alkyl carbamates (subject to hydrolysis) is 1. The van der Waals surface area contributed by atoms with E-state index in [0.717, 1.165) is 11.6 Å². The van der Waals surface area contributed by atoms with Crippen molar-refractivity contribution in [2.75, 3.05) is 94.3 Å². The number of halogens is 1. The molecule has 0 aliphatic carbocycles. The van der Waals surface area contributed by atoms with Crippen molar-refractivity contribution in [3.05, 3.63) is 96.2 Å². The molecule has 2 aromatic carbocycles. The van der Waals surface area contributed by atoms with Gasteiger partial charge >= 0.3 is 6.09 Å². The predicted octanol–water partition coefficient (Wildman–Crippen LogP) is 8.04. The quantitative estimate of drug-likeness (QED) is 0.0209. The Morgan fingerprint density at radius 3 is 2.02 bits per heavy atom. The van der Waals surface area contributed by atoms with Crippen LogP contribution in [0, 0.1) is 0 Å². The Morgan fingerprint density at radius 1 is 0.794 bits per heavy atom. The normalized spacial score (nSPS) is 24.6. The van der Waals surface area contributed by atoms with Crippen LogP contribution in [0.5, 0.6) is 0 Å². The first kappa shape index (κ1) is 77.5. The number of imidazole rings is 1. The molecule has 3 amide bonds. The van der Waals surface area contributed by atoms with Crippen molar-refractivity contribution in [2.45, 2.75) is 168 Å². The van der Waals surface area contributed by atoms with Crippen molar-refractivity contribution in [2.24, 2.45) is 0 Å². The van der Waals surface area contributed by atoms with E-state index in [-0.39, 0.29) is 53.6 Å². The average Bonchev–Trinajstić information content (AvgIpc) is 1.60. The van der Waals surface area contributed by atoms with E-state index in [1.54, 1.807) is 73.9 Å². The number of nitrogens with one attached hydrogen (secondary N) is 5. The van der Waals surface area contributed by atoms with Gasteiger partial charge in [-0.15, -0.1) is 0 Å². The van der Waals surface area contributed by atoms with E-state index in [2.05, 4.69) is 97.1 Å². The lowest BCUT2D eigenvalue weighted by molar-refractivity contribution is -0.894. The molecule has 2 unspecified atom stereocenters. The second-order valence-electron chi connectivity index (χ2n) is 26.9. The molecule has 534 valence electrons. The number of aromatic nitrogens is 7. The van der Waals surface area contributed by atoms with Crippen LogP contribution in [0.2, 0.25) is 43.8 Å². The molecule has 26 nitrogen and oxygen atoms in total. The third-order valence-electron chi connectivity index (χ3n) is 18.1. The van der Waals surface area contributed by atoms with Gasteiger partial charge in [-0.05, 0) is 108 Å². The molecular weight excluding hydrogens is 1360 g/mol. The molecule has 3 fully saturated rings. The molecule has 0 spiro atoms. The van der Waals surface area contributed by atoms with Crippen LogP contribution in [-0.4, -0.2) is 184 Å². The molecule has 6 aromatic rings. The molecule has 10 rings (SSSR count). The summed E-state index contributed by atoms with van der Waals surface area (Å²) < 4.78 is 84.6. The van der Waals surface area contributed by atoms with Gasteiger partial charge in [-0.2, -0.15) is 9.97 Å². The average molecular weight is 1460 g/mol. The summed E-state index contributed by atoms with van der Waals surface area (Å²) in [5.74, 6) is -0.464. The summed E-state index contributed by atoms with van der Waals surface area (Å²) in [4.78, 5) is 82.8. The number of hydrogen-bond donors (Lipinski definition) is 5. The molecule has 10 atom stereocenters. The first-order chi connectivity index (χ1) is 46.0. The minimum atomic E-state index is -4.78. The van der Waals surface area contributed by atoms with Crippen molar-refractivity contribution < 1.29 is 74.8 Å². The molecule has 33 heteroatoms.